The van der Waals surface area contributed by atoms with E-state index in [-0.39, 0.29) is 27.7 Å². The van der Waals surface area contributed by atoms with E-state index in [0.717, 1.165) is 4.68 Å². The van der Waals surface area contributed by atoms with E-state index in [1.165, 1.54) is 24.3 Å². The number of hydrogen-bond donors (Lipinski definition) is 2. The highest BCUT2D eigenvalue weighted by molar-refractivity contribution is 6.13. The van der Waals surface area contributed by atoms with E-state index in [4.69, 9.17) is 0 Å². The first-order valence-corrected chi connectivity index (χ1v) is 10.1. The summed E-state index contributed by atoms with van der Waals surface area (Å²) in [7, 11) is 0. The predicted molar refractivity (Wildman–Crippen MR) is 120 cm³/mol. The van der Waals surface area contributed by atoms with Crippen LogP contribution in [0.25, 0.3) is 16.5 Å². The van der Waals surface area contributed by atoms with Crippen LogP contribution in [-0.4, -0.2) is 34.3 Å². The van der Waals surface area contributed by atoms with Gasteiger partial charge in [-0.3, -0.25) is 14.4 Å². The fourth-order valence-corrected chi connectivity index (χ4v) is 3.35. The Balaban J connectivity index is 1.73. The number of rotatable bonds is 5. The minimum absolute atomic E-state index is 0.00415. The molecule has 4 rings (SSSR count). The molecular weight excluding hydrogens is 449 g/mol. The van der Waals surface area contributed by atoms with Crippen LogP contribution in [0.2, 0.25) is 0 Å². The molecule has 0 unspecified atom stereocenters. The molecule has 34 heavy (non-hydrogen) atoms. The number of carbonyl (C=O) groups is 2. The van der Waals surface area contributed by atoms with Crippen LogP contribution in [0.1, 0.15) is 20.8 Å². The Labute approximate surface area is 190 Å². The number of carbonyl (C=O) groups excluding carboxylic acids is 2. The van der Waals surface area contributed by atoms with E-state index in [2.05, 4.69) is 10.4 Å². The number of anilines is 1. The van der Waals surface area contributed by atoms with Crippen LogP contribution in [0.3, 0.4) is 0 Å². The normalized spacial score (nSPS) is 11.3. The van der Waals surface area contributed by atoms with Gasteiger partial charge in [-0.15, -0.1) is 0 Å². The van der Waals surface area contributed by atoms with Gasteiger partial charge < -0.3 is 10.6 Å². The first kappa shape index (κ1) is 22.7. The summed E-state index contributed by atoms with van der Waals surface area (Å²) in [5, 5.41) is 9.11. The Morgan fingerprint density at radius 1 is 0.824 bits per heavy atom. The van der Waals surface area contributed by atoms with Gasteiger partial charge in [0.2, 0.25) is 0 Å². The maximum absolute atomic E-state index is 13.2. The third kappa shape index (κ3) is 4.80. The van der Waals surface area contributed by atoms with Crippen molar-refractivity contribution < 1.29 is 22.8 Å². The van der Waals surface area contributed by atoms with Gasteiger partial charge in [0.15, 0.2) is 5.69 Å². The molecule has 0 aliphatic carbocycles. The number of para-hydroxylation sites is 2. The summed E-state index contributed by atoms with van der Waals surface area (Å²) in [5.74, 6) is -1.74. The fraction of sp³-hybridized carbons (Fsp3) is 0.0833. The lowest BCUT2D eigenvalue weighted by atomic mass is 10.1. The van der Waals surface area contributed by atoms with E-state index >= 15 is 0 Å². The highest BCUT2D eigenvalue weighted by Crippen LogP contribution is 2.20. The molecule has 0 spiro atoms. The average molecular weight is 466 g/mol. The molecule has 1 aromatic heterocycles. The minimum atomic E-state index is -4.58. The fourth-order valence-electron chi connectivity index (χ4n) is 3.35. The van der Waals surface area contributed by atoms with Crippen molar-refractivity contribution in [2.75, 3.05) is 11.9 Å². The Hall–Kier alpha value is -4.47. The van der Waals surface area contributed by atoms with Gasteiger partial charge in [0.05, 0.1) is 22.3 Å². The van der Waals surface area contributed by atoms with E-state index < -0.39 is 30.1 Å². The van der Waals surface area contributed by atoms with Crippen molar-refractivity contribution in [1.82, 2.24) is 15.1 Å². The van der Waals surface area contributed by atoms with Gasteiger partial charge in [0.25, 0.3) is 17.4 Å². The molecule has 1 heterocycles. The second-order valence-corrected chi connectivity index (χ2v) is 7.24. The van der Waals surface area contributed by atoms with Crippen molar-refractivity contribution in [3.8, 4) is 5.69 Å². The van der Waals surface area contributed by atoms with Crippen molar-refractivity contribution in [3.63, 3.8) is 0 Å². The Morgan fingerprint density at radius 3 is 2.15 bits per heavy atom. The number of aromatic nitrogens is 2. The molecule has 7 nitrogen and oxygen atoms in total. The van der Waals surface area contributed by atoms with Gasteiger partial charge in [-0.05, 0) is 30.3 Å². The molecule has 0 radical (unpaired) electrons. The number of benzene rings is 3. The zero-order chi connectivity index (χ0) is 24.3. The molecule has 2 N–H and O–H groups in total. The number of nitrogens with zero attached hydrogens (tertiary/aromatic N) is 2. The molecule has 0 atom stereocenters. The molecule has 0 aliphatic heterocycles. The second kappa shape index (κ2) is 9.18. The van der Waals surface area contributed by atoms with Gasteiger partial charge in [-0.2, -0.15) is 23.0 Å². The molecular formula is C24H17F3N4O3. The number of halogens is 3. The third-order valence-corrected chi connectivity index (χ3v) is 4.89. The lowest BCUT2D eigenvalue weighted by Gasteiger charge is -2.14. The standard InChI is InChI=1S/C24H17F3N4O3/c25-24(26,27)14-28-21(32)18-12-6-7-13-19(18)29-22(33)20-16-10-4-5-11-17(16)23(34)31(30-20)15-8-2-1-3-9-15/h1-13H,14H2,(H,28,32)(H,29,33). The first-order valence-electron chi connectivity index (χ1n) is 10.1. The van der Waals surface area contributed by atoms with Gasteiger partial charge >= 0.3 is 6.18 Å². The number of nitrogens with one attached hydrogen (secondary N) is 2. The van der Waals surface area contributed by atoms with E-state index in [0.29, 0.717) is 5.69 Å². The molecule has 0 saturated heterocycles. The van der Waals surface area contributed by atoms with Crippen molar-refractivity contribution >= 4 is 28.3 Å². The molecule has 4 aromatic rings. The topological polar surface area (TPSA) is 93.1 Å². The maximum Gasteiger partial charge on any atom is 0.405 e. The van der Waals surface area contributed by atoms with Crippen molar-refractivity contribution in [3.05, 3.63) is 100 Å². The van der Waals surface area contributed by atoms with Crippen molar-refractivity contribution in [2.45, 2.75) is 6.18 Å². The Kier molecular flexibility index (Phi) is 6.13. The van der Waals surface area contributed by atoms with Gasteiger partial charge in [0.1, 0.15) is 6.54 Å². The molecule has 0 saturated carbocycles. The van der Waals surface area contributed by atoms with Crippen molar-refractivity contribution in [2.24, 2.45) is 0 Å². The van der Waals surface area contributed by atoms with Crippen LogP contribution >= 0.6 is 0 Å². The highest BCUT2D eigenvalue weighted by atomic mass is 19.4. The van der Waals surface area contributed by atoms with Crippen LogP contribution < -0.4 is 16.2 Å². The lowest BCUT2D eigenvalue weighted by Crippen LogP contribution is -2.34. The minimum Gasteiger partial charge on any atom is -0.343 e. The predicted octanol–water partition coefficient (Wildman–Crippen LogP) is 3.93. The summed E-state index contributed by atoms with van der Waals surface area (Å²) in [4.78, 5) is 38.5. The molecule has 2 amide bonds. The SMILES string of the molecule is O=C(NCC(F)(F)F)c1ccccc1NC(=O)c1nn(-c2ccccc2)c(=O)c2ccccc12. The van der Waals surface area contributed by atoms with E-state index in [1.807, 2.05) is 0 Å². The number of fused-ring (bicyclic) bond motifs is 1. The van der Waals surface area contributed by atoms with Crippen LogP contribution in [0.15, 0.2) is 83.7 Å². The smallest absolute Gasteiger partial charge is 0.343 e. The highest BCUT2D eigenvalue weighted by Gasteiger charge is 2.28. The van der Waals surface area contributed by atoms with Gasteiger partial charge in [-0.25, -0.2) is 0 Å². The third-order valence-electron chi connectivity index (χ3n) is 4.89. The summed E-state index contributed by atoms with van der Waals surface area (Å²) in [6, 6.07) is 20.6. The first-order chi connectivity index (χ1) is 16.2. The van der Waals surface area contributed by atoms with Crippen LogP contribution in [0.5, 0.6) is 0 Å². The number of hydrogen-bond acceptors (Lipinski definition) is 4. The van der Waals surface area contributed by atoms with E-state index in [9.17, 15) is 27.6 Å². The molecule has 0 aliphatic rings. The summed E-state index contributed by atoms with van der Waals surface area (Å²) < 4.78 is 38.6. The molecule has 0 bridgehead atoms. The lowest BCUT2D eigenvalue weighted by molar-refractivity contribution is -0.123. The zero-order valence-corrected chi connectivity index (χ0v) is 17.5. The van der Waals surface area contributed by atoms with Crippen LogP contribution in [0.4, 0.5) is 18.9 Å². The molecule has 172 valence electrons. The quantitative estimate of drug-likeness (QED) is 0.466. The Bertz CT molecular complexity index is 1430. The monoisotopic (exact) mass is 466 g/mol. The summed E-state index contributed by atoms with van der Waals surface area (Å²) >= 11 is 0. The number of alkyl halides is 3. The van der Waals surface area contributed by atoms with Crippen LogP contribution in [0, 0.1) is 0 Å². The summed E-state index contributed by atoms with van der Waals surface area (Å²) in [6.45, 7) is -1.51. The van der Waals surface area contributed by atoms with Crippen LogP contribution in [-0.2, 0) is 0 Å². The van der Waals surface area contributed by atoms with Crippen molar-refractivity contribution in [1.29, 1.82) is 0 Å². The molecule has 3 aromatic carbocycles. The van der Waals surface area contributed by atoms with E-state index in [1.54, 1.807) is 59.9 Å². The zero-order valence-electron chi connectivity index (χ0n) is 17.5. The molecule has 10 heteroatoms. The Morgan fingerprint density at radius 2 is 1.44 bits per heavy atom. The second-order valence-electron chi connectivity index (χ2n) is 7.24. The van der Waals surface area contributed by atoms with Gasteiger partial charge in [-0.1, -0.05) is 48.5 Å². The summed E-state index contributed by atoms with van der Waals surface area (Å²) in [5.41, 5.74) is -0.231. The largest absolute Gasteiger partial charge is 0.405 e. The summed E-state index contributed by atoms with van der Waals surface area (Å²) in [6.07, 6.45) is -4.58. The average Bonchev–Trinajstić information content (AvgIpc) is 2.83. The number of amides is 2. The maximum atomic E-state index is 13.2. The van der Waals surface area contributed by atoms with Gasteiger partial charge in [0, 0.05) is 5.39 Å². The molecule has 0 fully saturated rings.